The lowest BCUT2D eigenvalue weighted by atomic mass is 9.84. The second-order valence-electron chi connectivity index (χ2n) is 5.69. The van der Waals surface area contributed by atoms with Gasteiger partial charge in [-0.05, 0) is 37.8 Å². The molecule has 14 heavy (non-hydrogen) atoms. The first-order valence-corrected chi connectivity index (χ1v) is 5.64. The van der Waals surface area contributed by atoms with Crippen molar-refractivity contribution in [2.45, 2.75) is 40.5 Å². The number of nitrogens with zero attached hydrogens (tertiary/aromatic N) is 1. The minimum absolute atomic E-state index is 0.268. The first kappa shape index (κ1) is 13.9. The predicted molar refractivity (Wildman–Crippen MR) is 62.4 cm³/mol. The normalized spacial score (nSPS) is 14.8. The molecule has 0 heterocycles. The molecule has 0 spiro atoms. The lowest BCUT2D eigenvalue weighted by Crippen LogP contribution is -2.25. The second kappa shape index (κ2) is 6.41. The van der Waals surface area contributed by atoms with Crippen molar-refractivity contribution < 1.29 is 5.11 Å². The lowest BCUT2D eigenvalue weighted by molar-refractivity contribution is 0.205. The molecule has 0 radical (unpaired) electrons. The Morgan fingerprint density at radius 2 is 1.79 bits per heavy atom. The second-order valence-corrected chi connectivity index (χ2v) is 5.69. The summed E-state index contributed by atoms with van der Waals surface area (Å²) in [4.78, 5) is 2.19. The quantitative estimate of drug-likeness (QED) is 0.713. The van der Waals surface area contributed by atoms with Crippen molar-refractivity contribution in [2.24, 2.45) is 11.3 Å². The van der Waals surface area contributed by atoms with Gasteiger partial charge in [-0.3, -0.25) is 0 Å². The third-order valence-electron chi connectivity index (χ3n) is 2.45. The minimum atomic E-state index is 0.268. The topological polar surface area (TPSA) is 23.5 Å². The largest absolute Gasteiger partial charge is 0.395 e. The van der Waals surface area contributed by atoms with E-state index in [1.807, 2.05) is 0 Å². The van der Waals surface area contributed by atoms with Crippen LogP contribution >= 0.6 is 0 Å². The van der Waals surface area contributed by atoms with Crippen molar-refractivity contribution in [3.05, 3.63) is 0 Å². The van der Waals surface area contributed by atoms with Gasteiger partial charge in [0.15, 0.2) is 0 Å². The maximum atomic E-state index is 8.75. The first-order chi connectivity index (χ1) is 6.35. The molecule has 1 atom stereocenters. The van der Waals surface area contributed by atoms with Crippen LogP contribution in [0.4, 0.5) is 0 Å². The van der Waals surface area contributed by atoms with E-state index in [9.17, 15) is 0 Å². The number of likely N-dealkylation sites (N-methyl/N-ethyl adjacent to an activating group) is 1. The van der Waals surface area contributed by atoms with E-state index in [0.717, 1.165) is 19.0 Å². The first-order valence-electron chi connectivity index (χ1n) is 5.64. The summed E-state index contributed by atoms with van der Waals surface area (Å²) < 4.78 is 0. The SMILES string of the molecule is CC(CCN(C)CCO)CC(C)(C)C. The van der Waals surface area contributed by atoms with Crippen LogP contribution in [0, 0.1) is 11.3 Å². The molecule has 0 saturated carbocycles. The third-order valence-corrected chi connectivity index (χ3v) is 2.45. The van der Waals surface area contributed by atoms with Gasteiger partial charge in [-0.15, -0.1) is 0 Å². The van der Waals surface area contributed by atoms with Crippen molar-refractivity contribution in [1.82, 2.24) is 4.90 Å². The summed E-state index contributed by atoms with van der Waals surface area (Å²) in [6.45, 7) is 11.4. The Kier molecular flexibility index (Phi) is 6.38. The summed E-state index contributed by atoms with van der Waals surface area (Å²) in [7, 11) is 2.07. The van der Waals surface area contributed by atoms with E-state index in [0.29, 0.717) is 5.41 Å². The highest BCUT2D eigenvalue weighted by molar-refractivity contribution is 4.67. The third kappa shape index (κ3) is 8.52. The standard InChI is InChI=1S/C12H27NO/c1-11(10-12(2,3)4)6-7-13(5)8-9-14/h11,14H,6-10H2,1-5H3. The number of rotatable bonds is 6. The average Bonchev–Trinajstić information content (AvgIpc) is 1.98. The van der Waals surface area contributed by atoms with Gasteiger partial charge in [0.25, 0.3) is 0 Å². The Bertz CT molecular complexity index is 140. The van der Waals surface area contributed by atoms with Gasteiger partial charge >= 0.3 is 0 Å². The van der Waals surface area contributed by atoms with Crippen molar-refractivity contribution in [2.75, 3.05) is 26.7 Å². The van der Waals surface area contributed by atoms with E-state index in [-0.39, 0.29) is 6.61 Å². The van der Waals surface area contributed by atoms with Crippen LogP contribution in [-0.2, 0) is 0 Å². The molecule has 0 saturated heterocycles. The molecule has 0 rings (SSSR count). The van der Waals surface area contributed by atoms with Crippen molar-refractivity contribution in [1.29, 1.82) is 0 Å². The van der Waals surface area contributed by atoms with Crippen LogP contribution < -0.4 is 0 Å². The molecular formula is C12H27NO. The van der Waals surface area contributed by atoms with E-state index in [4.69, 9.17) is 5.11 Å². The van der Waals surface area contributed by atoms with Gasteiger partial charge in [-0.1, -0.05) is 27.7 Å². The molecule has 2 heteroatoms. The molecule has 0 aliphatic carbocycles. The molecule has 86 valence electrons. The van der Waals surface area contributed by atoms with Crippen LogP contribution in [-0.4, -0.2) is 36.8 Å². The van der Waals surface area contributed by atoms with Crippen LogP contribution in [0.5, 0.6) is 0 Å². The highest BCUT2D eigenvalue weighted by atomic mass is 16.3. The lowest BCUT2D eigenvalue weighted by Gasteiger charge is -2.25. The molecule has 0 bridgehead atoms. The van der Waals surface area contributed by atoms with E-state index < -0.39 is 0 Å². The number of aliphatic hydroxyl groups is 1. The van der Waals surface area contributed by atoms with Crippen LogP contribution in [0.2, 0.25) is 0 Å². The summed E-state index contributed by atoms with van der Waals surface area (Å²) >= 11 is 0. The van der Waals surface area contributed by atoms with Crippen LogP contribution in [0.3, 0.4) is 0 Å². The molecular weight excluding hydrogens is 174 g/mol. The molecule has 1 N–H and O–H groups in total. The number of hydrogen-bond donors (Lipinski definition) is 1. The van der Waals surface area contributed by atoms with E-state index in [2.05, 4.69) is 39.6 Å². The Hall–Kier alpha value is -0.0800. The highest BCUT2D eigenvalue weighted by Gasteiger charge is 2.15. The maximum absolute atomic E-state index is 8.75. The predicted octanol–water partition coefficient (Wildman–Crippen LogP) is 2.37. The van der Waals surface area contributed by atoms with Gasteiger partial charge in [0.05, 0.1) is 6.61 Å². The average molecular weight is 201 g/mol. The maximum Gasteiger partial charge on any atom is 0.0558 e. The molecule has 0 aliphatic rings. The minimum Gasteiger partial charge on any atom is -0.395 e. The van der Waals surface area contributed by atoms with E-state index >= 15 is 0 Å². The molecule has 0 aliphatic heterocycles. The van der Waals surface area contributed by atoms with Crippen LogP contribution in [0.25, 0.3) is 0 Å². The van der Waals surface area contributed by atoms with Gasteiger partial charge < -0.3 is 10.0 Å². The van der Waals surface area contributed by atoms with Gasteiger partial charge in [0, 0.05) is 6.54 Å². The summed E-state index contributed by atoms with van der Waals surface area (Å²) in [5, 5.41) is 8.75. The Morgan fingerprint density at radius 1 is 1.21 bits per heavy atom. The molecule has 0 amide bonds. The molecule has 1 unspecified atom stereocenters. The fraction of sp³-hybridized carbons (Fsp3) is 1.00. The summed E-state index contributed by atoms with van der Waals surface area (Å²) in [6, 6.07) is 0. The zero-order valence-electron chi connectivity index (χ0n) is 10.5. The van der Waals surface area contributed by atoms with Crippen molar-refractivity contribution >= 4 is 0 Å². The Morgan fingerprint density at radius 3 is 2.21 bits per heavy atom. The van der Waals surface area contributed by atoms with Gasteiger partial charge in [0.1, 0.15) is 0 Å². The summed E-state index contributed by atoms with van der Waals surface area (Å²) in [5.74, 6) is 0.774. The summed E-state index contributed by atoms with van der Waals surface area (Å²) in [5.41, 5.74) is 0.439. The van der Waals surface area contributed by atoms with Gasteiger partial charge in [-0.25, -0.2) is 0 Å². The monoisotopic (exact) mass is 201 g/mol. The van der Waals surface area contributed by atoms with Crippen molar-refractivity contribution in [3.8, 4) is 0 Å². The zero-order valence-corrected chi connectivity index (χ0v) is 10.5. The highest BCUT2D eigenvalue weighted by Crippen LogP contribution is 2.25. The molecule has 0 fully saturated rings. The van der Waals surface area contributed by atoms with E-state index in [1.54, 1.807) is 0 Å². The Labute approximate surface area is 89.3 Å². The fourth-order valence-electron chi connectivity index (χ4n) is 1.87. The molecule has 0 aromatic heterocycles. The molecule has 2 nitrogen and oxygen atoms in total. The molecule has 0 aromatic rings. The molecule has 0 aromatic carbocycles. The van der Waals surface area contributed by atoms with Gasteiger partial charge in [0.2, 0.25) is 0 Å². The van der Waals surface area contributed by atoms with Crippen LogP contribution in [0.1, 0.15) is 40.5 Å². The fourth-order valence-corrected chi connectivity index (χ4v) is 1.87. The number of aliphatic hydroxyl groups excluding tert-OH is 1. The smallest absolute Gasteiger partial charge is 0.0558 e. The van der Waals surface area contributed by atoms with Crippen molar-refractivity contribution in [3.63, 3.8) is 0 Å². The zero-order chi connectivity index (χ0) is 11.2. The van der Waals surface area contributed by atoms with Crippen LogP contribution in [0.15, 0.2) is 0 Å². The van der Waals surface area contributed by atoms with E-state index in [1.165, 1.54) is 12.8 Å². The van der Waals surface area contributed by atoms with Gasteiger partial charge in [-0.2, -0.15) is 0 Å². The Balaban J connectivity index is 3.58. The number of hydrogen-bond acceptors (Lipinski definition) is 2. The summed E-state index contributed by atoms with van der Waals surface area (Å²) in [6.07, 6.45) is 2.51.